The molecule has 2 N–H and O–H groups in total. The van der Waals surface area contributed by atoms with Gasteiger partial charge in [0.05, 0.1) is 6.54 Å². The fourth-order valence-electron chi connectivity index (χ4n) is 3.83. The van der Waals surface area contributed by atoms with E-state index < -0.39 is 0 Å². The summed E-state index contributed by atoms with van der Waals surface area (Å²) < 4.78 is 5.34. The lowest BCUT2D eigenvalue weighted by Gasteiger charge is -2.27. The minimum absolute atomic E-state index is 0.107. The van der Waals surface area contributed by atoms with Crippen LogP contribution in [0.3, 0.4) is 0 Å². The molecular weight excluding hydrogens is 288 g/mol. The van der Waals surface area contributed by atoms with Crippen LogP contribution in [0.2, 0.25) is 0 Å². The van der Waals surface area contributed by atoms with Crippen LogP contribution in [-0.2, 0) is 9.53 Å². The Kier molecular flexibility index (Phi) is 6.06. The summed E-state index contributed by atoms with van der Waals surface area (Å²) >= 11 is 0. The van der Waals surface area contributed by atoms with Crippen molar-refractivity contribution in [1.82, 2.24) is 10.6 Å². The van der Waals surface area contributed by atoms with E-state index in [4.69, 9.17) is 4.74 Å². The first-order valence-corrected chi connectivity index (χ1v) is 8.98. The summed E-state index contributed by atoms with van der Waals surface area (Å²) in [5.41, 5.74) is 1.30. The normalized spacial score (nSPS) is 21.2. The fraction of sp³-hybridized carbons (Fsp3) is 0.632. The van der Waals surface area contributed by atoms with E-state index in [0.717, 1.165) is 26.1 Å². The van der Waals surface area contributed by atoms with Crippen LogP contribution in [0.15, 0.2) is 30.3 Å². The molecule has 4 heteroatoms. The molecule has 1 aliphatic heterocycles. The lowest BCUT2D eigenvalue weighted by atomic mass is 9.91. The molecule has 1 aromatic carbocycles. The van der Waals surface area contributed by atoms with Crippen molar-refractivity contribution in [2.24, 2.45) is 5.92 Å². The number of benzene rings is 1. The Morgan fingerprint density at radius 2 is 1.78 bits per heavy atom. The molecule has 0 unspecified atom stereocenters. The van der Waals surface area contributed by atoms with Crippen molar-refractivity contribution in [3.63, 3.8) is 0 Å². The van der Waals surface area contributed by atoms with Crippen LogP contribution in [-0.4, -0.2) is 31.7 Å². The van der Waals surface area contributed by atoms with Crippen molar-refractivity contribution in [2.45, 2.75) is 50.6 Å². The summed E-state index contributed by atoms with van der Waals surface area (Å²) in [6.45, 7) is 1.91. The van der Waals surface area contributed by atoms with Crippen molar-refractivity contribution >= 4 is 5.91 Å². The van der Waals surface area contributed by atoms with Crippen molar-refractivity contribution in [1.29, 1.82) is 0 Å². The monoisotopic (exact) mass is 316 g/mol. The number of amides is 1. The Bertz CT molecular complexity index is 479. The van der Waals surface area contributed by atoms with Gasteiger partial charge in [-0.25, -0.2) is 0 Å². The molecule has 1 atom stereocenters. The highest BCUT2D eigenvalue weighted by Gasteiger charge is 2.26. The number of hydrogen-bond donors (Lipinski definition) is 2. The third-order valence-corrected chi connectivity index (χ3v) is 5.10. The summed E-state index contributed by atoms with van der Waals surface area (Å²) in [6, 6.07) is 11.1. The number of carbonyl (C=O) groups excluding carboxylic acids is 1. The molecule has 1 saturated heterocycles. The second kappa shape index (κ2) is 8.46. The Labute approximate surface area is 139 Å². The zero-order valence-corrected chi connectivity index (χ0v) is 13.8. The molecule has 2 fully saturated rings. The zero-order chi connectivity index (χ0) is 15.9. The van der Waals surface area contributed by atoms with E-state index in [1.165, 1.54) is 31.2 Å². The standard InChI is InChI=1S/C19H28N2O2/c22-18(21-17-10-12-23-13-11-17)14-20-19(16-8-4-5-9-16)15-6-2-1-3-7-15/h1-3,6-7,16-17,19-20H,4-5,8-14H2,(H,21,22)/t19-/m0/s1. The minimum Gasteiger partial charge on any atom is -0.381 e. The maximum atomic E-state index is 12.2. The van der Waals surface area contributed by atoms with Crippen molar-refractivity contribution in [3.8, 4) is 0 Å². The molecule has 1 heterocycles. The van der Waals surface area contributed by atoms with Gasteiger partial charge in [-0.15, -0.1) is 0 Å². The zero-order valence-electron chi connectivity index (χ0n) is 13.8. The van der Waals surface area contributed by atoms with Crippen molar-refractivity contribution in [3.05, 3.63) is 35.9 Å². The Balaban J connectivity index is 1.54. The molecule has 0 aromatic heterocycles. The van der Waals surface area contributed by atoms with Gasteiger partial charge in [0.1, 0.15) is 0 Å². The van der Waals surface area contributed by atoms with Crippen LogP contribution in [0, 0.1) is 5.92 Å². The summed E-state index contributed by atoms with van der Waals surface area (Å²) in [7, 11) is 0. The minimum atomic E-state index is 0.107. The van der Waals surface area contributed by atoms with E-state index in [0.29, 0.717) is 18.5 Å². The largest absolute Gasteiger partial charge is 0.381 e. The number of hydrogen-bond acceptors (Lipinski definition) is 3. The van der Waals surface area contributed by atoms with Gasteiger partial charge in [0, 0.05) is 25.3 Å². The highest BCUT2D eigenvalue weighted by molar-refractivity contribution is 5.78. The van der Waals surface area contributed by atoms with Gasteiger partial charge in [-0.05, 0) is 37.2 Å². The molecule has 0 spiro atoms. The third kappa shape index (κ3) is 4.79. The molecular formula is C19H28N2O2. The first-order valence-electron chi connectivity index (χ1n) is 8.98. The van der Waals surface area contributed by atoms with Gasteiger partial charge in [-0.2, -0.15) is 0 Å². The smallest absolute Gasteiger partial charge is 0.234 e. The molecule has 0 bridgehead atoms. The number of carbonyl (C=O) groups is 1. The molecule has 126 valence electrons. The van der Waals surface area contributed by atoms with E-state index in [9.17, 15) is 4.79 Å². The lowest BCUT2D eigenvalue weighted by molar-refractivity contribution is -0.121. The molecule has 1 amide bonds. The quantitative estimate of drug-likeness (QED) is 0.848. The Morgan fingerprint density at radius 3 is 2.48 bits per heavy atom. The second-order valence-electron chi connectivity index (χ2n) is 6.77. The fourth-order valence-corrected chi connectivity index (χ4v) is 3.83. The van der Waals surface area contributed by atoms with E-state index in [1.807, 2.05) is 6.07 Å². The molecule has 3 rings (SSSR count). The molecule has 1 aromatic rings. The van der Waals surface area contributed by atoms with Gasteiger partial charge in [0.2, 0.25) is 5.91 Å². The molecule has 0 radical (unpaired) electrons. The Hall–Kier alpha value is -1.39. The maximum absolute atomic E-state index is 12.2. The van der Waals surface area contributed by atoms with Crippen LogP contribution in [0.1, 0.15) is 50.1 Å². The summed E-state index contributed by atoms with van der Waals surface area (Å²) in [5, 5.41) is 6.66. The molecule has 2 aliphatic rings. The van der Waals surface area contributed by atoms with E-state index >= 15 is 0 Å². The first kappa shape index (κ1) is 16.5. The SMILES string of the molecule is O=C(CN[C@@H](c1ccccc1)C1CCCC1)NC1CCOCC1. The molecule has 1 saturated carbocycles. The van der Waals surface area contributed by atoms with Gasteiger partial charge >= 0.3 is 0 Å². The average Bonchev–Trinajstić information content (AvgIpc) is 3.11. The van der Waals surface area contributed by atoms with Crippen LogP contribution in [0.4, 0.5) is 0 Å². The summed E-state index contributed by atoms with van der Waals surface area (Å²) in [5.74, 6) is 0.754. The van der Waals surface area contributed by atoms with Gasteiger partial charge in [0.15, 0.2) is 0 Å². The number of nitrogens with one attached hydrogen (secondary N) is 2. The highest BCUT2D eigenvalue weighted by atomic mass is 16.5. The molecule has 1 aliphatic carbocycles. The van der Waals surface area contributed by atoms with E-state index in [-0.39, 0.29) is 11.9 Å². The van der Waals surface area contributed by atoms with E-state index in [2.05, 4.69) is 34.9 Å². The van der Waals surface area contributed by atoms with Crippen LogP contribution in [0.5, 0.6) is 0 Å². The van der Waals surface area contributed by atoms with Crippen LogP contribution < -0.4 is 10.6 Å². The Morgan fingerprint density at radius 1 is 1.09 bits per heavy atom. The van der Waals surface area contributed by atoms with Gasteiger partial charge in [-0.3, -0.25) is 4.79 Å². The molecule has 4 nitrogen and oxygen atoms in total. The topological polar surface area (TPSA) is 50.4 Å². The average molecular weight is 316 g/mol. The van der Waals surface area contributed by atoms with Crippen LogP contribution >= 0.6 is 0 Å². The van der Waals surface area contributed by atoms with Gasteiger partial charge in [0.25, 0.3) is 0 Å². The molecule has 23 heavy (non-hydrogen) atoms. The second-order valence-corrected chi connectivity index (χ2v) is 6.77. The lowest BCUT2D eigenvalue weighted by Crippen LogP contribution is -2.44. The maximum Gasteiger partial charge on any atom is 0.234 e. The van der Waals surface area contributed by atoms with E-state index in [1.54, 1.807) is 0 Å². The van der Waals surface area contributed by atoms with Gasteiger partial charge < -0.3 is 15.4 Å². The summed E-state index contributed by atoms with van der Waals surface area (Å²) in [6.07, 6.45) is 6.99. The van der Waals surface area contributed by atoms with Gasteiger partial charge in [-0.1, -0.05) is 43.2 Å². The van der Waals surface area contributed by atoms with Crippen LogP contribution in [0.25, 0.3) is 0 Å². The highest BCUT2D eigenvalue weighted by Crippen LogP contribution is 2.35. The first-order chi connectivity index (χ1) is 11.3. The third-order valence-electron chi connectivity index (χ3n) is 5.10. The van der Waals surface area contributed by atoms with Crippen molar-refractivity contribution < 1.29 is 9.53 Å². The number of ether oxygens (including phenoxy) is 1. The number of rotatable bonds is 6. The predicted molar refractivity (Wildman–Crippen MR) is 91.1 cm³/mol. The summed E-state index contributed by atoms with van der Waals surface area (Å²) in [4.78, 5) is 12.2. The van der Waals surface area contributed by atoms with Crippen molar-refractivity contribution in [2.75, 3.05) is 19.8 Å². The predicted octanol–water partition coefficient (Wildman–Crippen LogP) is 2.80.